The van der Waals surface area contributed by atoms with Gasteiger partial charge in [-0.25, -0.2) is 4.39 Å². The van der Waals surface area contributed by atoms with E-state index in [4.69, 9.17) is 16.0 Å². The Labute approximate surface area is 158 Å². The van der Waals surface area contributed by atoms with E-state index in [9.17, 15) is 18.8 Å². The lowest BCUT2D eigenvalue weighted by Gasteiger charge is -2.30. The van der Waals surface area contributed by atoms with Crippen molar-refractivity contribution in [2.75, 3.05) is 11.4 Å². The van der Waals surface area contributed by atoms with Crippen molar-refractivity contribution in [3.63, 3.8) is 0 Å². The Morgan fingerprint density at radius 2 is 1.85 bits per heavy atom. The zero-order valence-electron chi connectivity index (χ0n) is 13.9. The molecular formula is C20H13ClFNO4. The summed E-state index contributed by atoms with van der Waals surface area (Å²) in [4.78, 5) is 39.3. The van der Waals surface area contributed by atoms with Crippen molar-refractivity contribution >= 4 is 45.7 Å². The van der Waals surface area contributed by atoms with Crippen LogP contribution in [-0.2, 0) is 9.59 Å². The van der Waals surface area contributed by atoms with Crippen LogP contribution in [0.15, 0.2) is 52.9 Å². The second kappa shape index (κ2) is 6.63. The minimum absolute atomic E-state index is 0.0333. The number of amides is 1. The average Bonchev–Trinajstić information content (AvgIpc) is 3.06. The fourth-order valence-corrected chi connectivity index (χ4v) is 3.36. The van der Waals surface area contributed by atoms with Crippen LogP contribution >= 0.6 is 11.6 Å². The molecule has 3 aromatic rings. The van der Waals surface area contributed by atoms with Gasteiger partial charge in [-0.1, -0.05) is 11.6 Å². The zero-order valence-corrected chi connectivity index (χ0v) is 14.7. The van der Waals surface area contributed by atoms with E-state index in [0.717, 1.165) is 0 Å². The van der Waals surface area contributed by atoms with Gasteiger partial charge < -0.3 is 9.32 Å². The lowest BCUT2D eigenvalue weighted by atomic mass is 9.90. The minimum atomic E-state index is -1.47. The molecule has 0 radical (unpaired) electrons. The number of ketones is 2. The normalized spacial score (nSPS) is 17.6. The third-order valence-corrected chi connectivity index (χ3v) is 4.77. The third kappa shape index (κ3) is 3.13. The van der Waals surface area contributed by atoms with Crippen molar-refractivity contribution in [2.24, 2.45) is 5.92 Å². The smallest absolute Gasteiger partial charge is 0.245 e. The Morgan fingerprint density at radius 1 is 1.11 bits per heavy atom. The van der Waals surface area contributed by atoms with E-state index in [0.29, 0.717) is 21.7 Å². The average molecular weight is 386 g/mol. The molecule has 1 aromatic heterocycles. The van der Waals surface area contributed by atoms with Crippen LogP contribution in [0.2, 0.25) is 5.02 Å². The highest BCUT2D eigenvalue weighted by Gasteiger charge is 2.42. The fraction of sp³-hybridized carbons (Fsp3) is 0.150. The molecule has 1 amide bonds. The number of piperidine rings is 1. The molecule has 0 bridgehead atoms. The maximum atomic E-state index is 13.1. The first-order chi connectivity index (χ1) is 12.9. The maximum Gasteiger partial charge on any atom is 0.245 e. The van der Waals surface area contributed by atoms with Gasteiger partial charge in [-0.05, 0) is 48.5 Å². The lowest BCUT2D eigenvalue weighted by Crippen LogP contribution is -2.49. The number of hydrogen-bond acceptors (Lipinski definition) is 4. The van der Waals surface area contributed by atoms with Crippen LogP contribution in [0.25, 0.3) is 11.0 Å². The monoisotopic (exact) mass is 385 g/mol. The molecule has 5 nitrogen and oxygen atoms in total. The van der Waals surface area contributed by atoms with Gasteiger partial charge in [-0.15, -0.1) is 0 Å². The summed E-state index contributed by atoms with van der Waals surface area (Å²) in [5, 5.41) is 1.09. The molecule has 27 heavy (non-hydrogen) atoms. The van der Waals surface area contributed by atoms with Crippen LogP contribution in [-0.4, -0.2) is 24.0 Å². The minimum Gasteiger partial charge on any atom is -0.453 e. The number of nitrogens with zero attached hydrogens (tertiary/aromatic N) is 1. The van der Waals surface area contributed by atoms with Gasteiger partial charge in [0.1, 0.15) is 11.4 Å². The molecule has 1 fully saturated rings. The van der Waals surface area contributed by atoms with Crippen LogP contribution in [0.1, 0.15) is 17.0 Å². The number of furan rings is 1. The zero-order chi connectivity index (χ0) is 19.1. The highest BCUT2D eigenvalue weighted by atomic mass is 35.5. The predicted molar refractivity (Wildman–Crippen MR) is 97.4 cm³/mol. The summed E-state index contributed by atoms with van der Waals surface area (Å²) < 4.78 is 18.6. The molecular weight excluding hydrogens is 373 g/mol. The van der Waals surface area contributed by atoms with E-state index in [2.05, 4.69) is 0 Å². The van der Waals surface area contributed by atoms with Crippen LogP contribution in [0.3, 0.4) is 0 Å². The Balaban J connectivity index is 1.67. The Kier molecular flexibility index (Phi) is 4.28. The molecule has 1 atom stereocenters. The maximum absolute atomic E-state index is 13.1. The summed E-state index contributed by atoms with van der Waals surface area (Å²) in [5.41, 5.74) is 0.872. The molecule has 1 aliphatic heterocycles. The molecule has 0 spiro atoms. The van der Waals surface area contributed by atoms with Crippen molar-refractivity contribution in [1.82, 2.24) is 0 Å². The molecule has 0 saturated carbocycles. The number of halogens is 2. The number of Topliss-reactive ketones (excluding diaryl/α,β-unsaturated/α-hetero) is 2. The van der Waals surface area contributed by atoms with E-state index in [1.807, 2.05) is 0 Å². The lowest BCUT2D eigenvalue weighted by molar-refractivity contribution is -0.132. The van der Waals surface area contributed by atoms with Crippen molar-refractivity contribution in [2.45, 2.75) is 6.42 Å². The van der Waals surface area contributed by atoms with Gasteiger partial charge in [0.25, 0.3) is 0 Å². The molecule has 136 valence electrons. The van der Waals surface area contributed by atoms with Gasteiger partial charge in [0, 0.05) is 29.1 Å². The Bertz CT molecular complexity index is 1070. The summed E-state index contributed by atoms with van der Waals surface area (Å²) in [6.45, 7) is 0.142. The van der Waals surface area contributed by atoms with E-state index in [1.54, 1.807) is 18.2 Å². The largest absolute Gasteiger partial charge is 0.453 e. The van der Waals surface area contributed by atoms with Crippen LogP contribution < -0.4 is 4.90 Å². The molecule has 2 aromatic carbocycles. The summed E-state index contributed by atoms with van der Waals surface area (Å²) in [6.07, 6.45) is 0.0333. The molecule has 7 heteroatoms. The van der Waals surface area contributed by atoms with E-state index in [1.165, 1.54) is 35.2 Å². The molecule has 2 heterocycles. The first-order valence-corrected chi connectivity index (χ1v) is 8.65. The Morgan fingerprint density at radius 3 is 2.59 bits per heavy atom. The fourth-order valence-electron chi connectivity index (χ4n) is 3.18. The van der Waals surface area contributed by atoms with E-state index < -0.39 is 29.2 Å². The summed E-state index contributed by atoms with van der Waals surface area (Å²) in [6, 6.07) is 11.7. The number of rotatable bonds is 3. The quantitative estimate of drug-likeness (QED) is 0.504. The van der Waals surface area contributed by atoms with Crippen molar-refractivity contribution in [1.29, 1.82) is 0 Å². The van der Waals surface area contributed by atoms with E-state index >= 15 is 0 Å². The van der Waals surface area contributed by atoms with Crippen LogP contribution in [0.4, 0.5) is 10.1 Å². The number of benzene rings is 2. The molecule has 1 saturated heterocycles. The van der Waals surface area contributed by atoms with E-state index in [-0.39, 0.29) is 18.7 Å². The topological polar surface area (TPSA) is 67.6 Å². The standard InChI is InChI=1S/C20H13ClFNO4/c21-12-1-6-16-11(9-12)10-17(27-16)19(25)18-15(24)7-8-23(20(18)26)14-4-2-13(22)3-5-14/h1-6,9-10,18H,7-8H2. The molecule has 4 rings (SSSR count). The highest BCUT2D eigenvalue weighted by molar-refractivity contribution is 6.31. The molecule has 0 aliphatic carbocycles. The third-order valence-electron chi connectivity index (χ3n) is 4.54. The van der Waals surface area contributed by atoms with Gasteiger partial charge in [-0.3, -0.25) is 14.4 Å². The first kappa shape index (κ1) is 17.4. The number of fused-ring (bicyclic) bond motifs is 1. The molecule has 1 unspecified atom stereocenters. The number of carbonyl (C=O) groups is 3. The highest BCUT2D eigenvalue weighted by Crippen LogP contribution is 2.28. The molecule has 1 aliphatic rings. The number of carbonyl (C=O) groups excluding carboxylic acids is 3. The van der Waals surface area contributed by atoms with Crippen molar-refractivity contribution < 1.29 is 23.2 Å². The SMILES string of the molecule is O=C1CCN(c2ccc(F)cc2)C(=O)C1C(=O)c1cc2cc(Cl)ccc2o1. The van der Waals surface area contributed by atoms with Gasteiger partial charge in [-0.2, -0.15) is 0 Å². The van der Waals surface area contributed by atoms with Crippen molar-refractivity contribution in [3.8, 4) is 0 Å². The Hall–Kier alpha value is -2.99. The first-order valence-electron chi connectivity index (χ1n) is 8.27. The summed E-state index contributed by atoms with van der Waals surface area (Å²) in [7, 11) is 0. The number of anilines is 1. The summed E-state index contributed by atoms with van der Waals surface area (Å²) in [5.74, 6) is -3.76. The van der Waals surface area contributed by atoms with Gasteiger partial charge >= 0.3 is 0 Å². The second-order valence-electron chi connectivity index (χ2n) is 6.27. The number of hydrogen-bond donors (Lipinski definition) is 0. The molecule has 0 N–H and O–H groups in total. The van der Waals surface area contributed by atoms with Crippen LogP contribution in [0.5, 0.6) is 0 Å². The second-order valence-corrected chi connectivity index (χ2v) is 6.71. The van der Waals surface area contributed by atoms with Crippen LogP contribution in [0, 0.1) is 11.7 Å². The summed E-state index contributed by atoms with van der Waals surface area (Å²) >= 11 is 5.93. The van der Waals surface area contributed by atoms with Gasteiger partial charge in [0.05, 0.1) is 0 Å². The van der Waals surface area contributed by atoms with Crippen molar-refractivity contribution in [3.05, 3.63) is 65.1 Å². The predicted octanol–water partition coefficient (Wildman–Crippen LogP) is 4.03. The van der Waals surface area contributed by atoms with Gasteiger partial charge in [0.15, 0.2) is 17.5 Å². The van der Waals surface area contributed by atoms with Gasteiger partial charge in [0.2, 0.25) is 11.7 Å².